The van der Waals surface area contributed by atoms with Crippen LogP contribution in [0.5, 0.6) is 0 Å². The van der Waals surface area contributed by atoms with Gasteiger partial charge in [-0.3, -0.25) is 0 Å². The number of anilines is 1. The maximum atomic E-state index is 4.57. The number of nitrogens with one attached hydrogen (secondary N) is 2. The monoisotopic (exact) mass is 281 g/mol. The van der Waals surface area contributed by atoms with E-state index in [2.05, 4.69) is 32.2 Å². The number of rotatable bonds is 5. The van der Waals surface area contributed by atoms with Crippen LogP contribution in [0.3, 0.4) is 0 Å². The number of imidazole rings is 1. The largest absolute Gasteiger partial charge is 0.370 e. The molecule has 0 atom stereocenters. The number of hydrogen-bond acceptors (Lipinski definition) is 4. The van der Waals surface area contributed by atoms with Crippen molar-refractivity contribution in [2.45, 2.75) is 26.7 Å². The van der Waals surface area contributed by atoms with Crippen molar-refractivity contribution in [2.75, 3.05) is 11.9 Å². The van der Waals surface area contributed by atoms with Gasteiger partial charge in [0.1, 0.15) is 17.5 Å². The Labute approximate surface area is 123 Å². The van der Waals surface area contributed by atoms with E-state index in [4.69, 9.17) is 0 Å². The highest BCUT2D eigenvalue weighted by Gasteiger charge is 2.07. The predicted octanol–water partition coefficient (Wildman–Crippen LogP) is 3.07. The van der Waals surface area contributed by atoms with Crippen LogP contribution in [0.2, 0.25) is 0 Å². The first-order valence-corrected chi connectivity index (χ1v) is 7.26. The minimum atomic E-state index is 0.608. The van der Waals surface area contributed by atoms with E-state index in [0.29, 0.717) is 6.42 Å². The number of aromatic amines is 1. The van der Waals surface area contributed by atoms with Crippen LogP contribution in [0.1, 0.15) is 30.7 Å². The van der Waals surface area contributed by atoms with Crippen LogP contribution >= 0.6 is 0 Å². The number of aromatic nitrogens is 4. The summed E-state index contributed by atoms with van der Waals surface area (Å²) >= 11 is 0. The summed E-state index contributed by atoms with van der Waals surface area (Å²) in [7, 11) is 0. The van der Waals surface area contributed by atoms with Crippen LogP contribution in [0.15, 0.2) is 30.3 Å². The fraction of sp³-hybridized carbons (Fsp3) is 0.312. The van der Waals surface area contributed by atoms with Crippen molar-refractivity contribution >= 4 is 16.9 Å². The molecule has 2 heterocycles. The quantitative estimate of drug-likeness (QED) is 0.754. The lowest BCUT2D eigenvalue weighted by Crippen LogP contribution is -2.07. The van der Waals surface area contributed by atoms with Crippen LogP contribution in [-0.2, 0) is 6.42 Å². The molecule has 0 unspecified atom stereocenters. The summed E-state index contributed by atoms with van der Waals surface area (Å²) < 4.78 is 0. The van der Waals surface area contributed by atoms with E-state index in [-0.39, 0.29) is 0 Å². The molecule has 2 N–H and O–H groups in total. The van der Waals surface area contributed by atoms with Crippen molar-refractivity contribution in [3.63, 3.8) is 0 Å². The summed E-state index contributed by atoms with van der Waals surface area (Å²) in [5.74, 6) is 2.56. The fourth-order valence-corrected chi connectivity index (χ4v) is 2.29. The van der Waals surface area contributed by atoms with Crippen molar-refractivity contribution in [1.82, 2.24) is 19.9 Å². The second-order valence-electron chi connectivity index (χ2n) is 5.11. The van der Waals surface area contributed by atoms with Gasteiger partial charge in [-0.05, 0) is 25.5 Å². The molecule has 0 spiro atoms. The lowest BCUT2D eigenvalue weighted by Gasteiger charge is -2.06. The molecule has 3 aromatic rings. The van der Waals surface area contributed by atoms with E-state index >= 15 is 0 Å². The molecule has 0 saturated heterocycles. The van der Waals surface area contributed by atoms with Gasteiger partial charge in [-0.25, -0.2) is 15.0 Å². The van der Waals surface area contributed by atoms with Crippen molar-refractivity contribution in [2.24, 2.45) is 0 Å². The van der Waals surface area contributed by atoms with Gasteiger partial charge >= 0.3 is 0 Å². The van der Waals surface area contributed by atoms with Gasteiger partial charge < -0.3 is 10.3 Å². The molecule has 5 heteroatoms. The zero-order valence-electron chi connectivity index (χ0n) is 12.3. The first-order valence-electron chi connectivity index (χ1n) is 7.26. The minimum absolute atomic E-state index is 0.608. The lowest BCUT2D eigenvalue weighted by atomic mass is 10.3. The lowest BCUT2D eigenvalue weighted by molar-refractivity contribution is 0.890. The van der Waals surface area contributed by atoms with E-state index in [1.54, 1.807) is 0 Å². The standard InChI is InChI=1S/C16H19N5/c1-3-8-17-14-9-11(2)18-15(21-14)10-16-19-12-6-4-5-7-13(12)20-16/h4-7,9H,3,8,10H2,1-2H3,(H,19,20)(H,17,18,21). The number of H-pyrrole nitrogens is 1. The summed E-state index contributed by atoms with van der Waals surface area (Å²) in [5, 5.41) is 3.31. The maximum absolute atomic E-state index is 4.57. The van der Waals surface area contributed by atoms with E-state index in [1.165, 1.54) is 0 Å². The summed E-state index contributed by atoms with van der Waals surface area (Å²) in [6.45, 7) is 5.04. The van der Waals surface area contributed by atoms with Crippen LogP contribution in [0.4, 0.5) is 5.82 Å². The number of nitrogens with zero attached hydrogens (tertiary/aromatic N) is 3. The zero-order chi connectivity index (χ0) is 14.7. The van der Waals surface area contributed by atoms with E-state index in [1.807, 2.05) is 37.3 Å². The Bertz CT molecular complexity index is 714. The Kier molecular flexibility index (Phi) is 3.81. The van der Waals surface area contributed by atoms with Gasteiger partial charge in [0, 0.05) is 18.3 Å². The SMILES string of the molecule is CCCNc1cc(C)nc(Cc2nc3ccccc3[nH]2)n1. The van der Waals surface area contributed by atoms with E-state index in [9.17, 15) is 0 Å². The molecule has 0 fully saturated rings. The first-order chi connectivity index (χ1) is 10.2. The topological polar surface area (TPSA) is 66.5 Å². The van der Waals surface area contributed by atoms with Gasteiger partial charge in [-0.2, -0.15) is 0 Å². The molecule has 5 nitrogen and oxygen atoms in total. The molecule has 0 bridgehead atoms. The van der Waals surface area contributed by atoms with Crippen molar-refractivity contribution in [3.8, 4) is 0 Å². The summed E-state index contributed by atoms with van der Waals surface area (Å²) in [6.07, 6.45) is 1.68. The van der Waals surface area contributed by atoms with Crippen molar-refractivity contribution < 1.29 is 0 Å². The van der Waals surface area contributed by atoms with Crippen molar-refractivity contribution in [3.05, 3.63) is 47.7 Å². The number of hydrogen-bond donors (Lipinski definition) is 2. The van der Waals surface area contributed by atoms with E-state index in [0.717, 1.165) is 47.2 Å². The maximum Gasteiger partial charge on any atom is 0.138 e. The number of aryl methyl sites for hydroxylation is 1. The minimum Gasteiger partial charge on any atom is -0.370 e. The molecule has 21 heavy (non-hydrogen) atoms. The third-order valence-electron chi connectivity index (χ3n) is 3.22. The molecule has 0 radical (unpaired) electrons. The average molecular weight is 281 g/mol. The van der Waals surface area contributed by atoms with Crippen LogP contribution in [0.25, 0.3) is 11.0 Å². The average Bonchev–Trinajstić information content (AvgIpc) is 2.86. The molecule has 3 rings (SSSR count). The Morgan fingerprint density at radius 1 is 1.14 bits per heavy atom. The Morgan fingerprint density at radius 2 is 2.00 bits per heavy atom. The third-order valence-corrected chi connectivity index (χ3v) is 3.22. The van der Waals surface area contributed by atoms with Crippen LogP contribution in [-0.4, -0.2) is 26.5 Å². The molecule has 2 aromatic heterocycles. The summed E-state index contributed by atoms with van der Waals surface area (Å²) in [6, 6.07) is 9.98. The zero-order valence-corrected chi connectivity index (χ0v) is 12.3. The Morgan fingerprint density at radius 3 is 2.81 bits per heavy atom. The molecule has 0 amide bonds. The molecule has 0 aliphatic rings. The van der Waals surface area contributed by atoms with E-state index < -0.39 is 0 Å². The number of fused-ring (bicyclic) bond motifs is 1. The van der Waals surface area contributed by atoms with Gasteiger partial charge in [0.15, 0.2) is 0 Å². The molecule has 108 valence electrons. The van der Waals surface area contributed by atoms with Gasteiger partial charge in [0.05, 0.1) is 17.5 Å². The normalized spacial score (nSPS) is 11.0. The number of benzene rings is 1. The van der Waals surface area contributed by atoms with Gasteiger partial charge in [0.2, 0.25) is 0 Å². The molecular weight excluding hydrogens is 262 g/mol. The van der Waals surface area contributed by atoms with Gasteiger partial charge in [-0.1, -0.05) is 19.1 Å². The first kappa shape index (κ1) is 13.5. The second-order valence-corrected chi connectivity index (χ2v) is 5.11. The molecule has 0 aliphatic carbocycles. The number of para-hydroxylation sites is 2. The Balaban J connectivity index is 1.84. The molecule has 0 aliphatic heterocycles. The second kappa shape index (κ2) is 5.91. The third kappa shape index (κ3) is 3.18. The predicted molar refractivity (Wildman–Crippen MR) is 84.4 cm³/mol. The summed E-state index contributed by atoms with van der Waals surface area (Å²) in [5.41, 5.74) is 2.99. The molecule has 0 saturated carbocycles. The van der Waals surface area contributed by atoms with Crippen molar-refractivity contribution in [1.29, 1.82) is 0 Å². The fourth-order valence-electron chi connectivity index (χ4n) is 2.29. The highest BCUT2D eigenvalue weighted by molar-refractivity contribution is 5.74. The van der Waals surface area contributed by atoms with Crippen LogP contribution in [0, 0.1) is 6.92 Å². The Hall–Kier alpha value is -2.43. The van der Waals surface area contributed by atoms with Gasteiger partial charge in [-0.15, -0.1) is 0 Å². The van der Waals surface area contributed by atoms with Gasteiger partial charge in [0.25, 0.3) is 0 Å². The highest BCUT2D eigenvalue weighted by atomic mass is 15.0. The summed E-state index contributed by atoms with van der Waals surface area (Å²) in [4.78, 5) is 16.9. The smallest absolute Gasteiger partial charge is 0.138 e. The highest BCUT2D eigenvalue weighted by Crippen LogP contribution is 2.13. The van der Waals surface area contributed by atoms with Crippen LogP contribution < -0.4 is 5.32 Å². The molecule has 1 aromatic carbocycles. The molecular formula is C16H19N5.